The average Bonchev–Trinajstić information content (AvgIpc) is 3.24. The standard InChI is InChI=1S/C16H20ClN3/c1-11-16(17)12(2)20(19-11)10-14-6-4-3-5-13(14)9-18-15-7-8-15/h3-6,15,18H,7-10H2,1-2H3. The van der Waals surface area contributed by atoms with Crippen molar-refractivity contribution in [1.29, 1.82) is 0 Å². The van der Waals surface area contributed by atoms with Gasteiger partial charge in [-0.25, -0.2) is 0 Å². The molecule has 3 rings (SSSR count). The molecule has 1 aliphatic rings. The summed E-state index contributed by atoms with van der Waals surface area (Å²) in [6, 6.07) is 9.28. The van der Waals surface area contributed by atoms with E-state index in [2.05, 4.69) is 34.7 Å². The summed E-state index contributed by atoms with van der Waals surface area (Å²) in [7, 11) is 0. The number of aromatic nitrogens is 2. The summed E-state index contributed by atoms with van der Waals surface area (Å²) in [4.78, 5) is 0. The van der Waals surface area contributed by atoms with E-state index in [1.807, 2.05) is 18.5 Å². The SMILES string of the molecule is Cc1nn(Cc2ccccc2CNC2CC2)c(C)c1Cl. The molecule has 1 aromatic heterocycles. The van der Waals surface area contributed by atoms with Crippen LogP contribution in [0.3, 0.4) is 0 Å². The molecule has 20 heavy (non-hydrogen) atoms. The first-order valence-electron chi connectivity index (χ1n) is 7.15. The van der Waals surface area contributed by atoms with E-state index in [4.69, 9.17) is 11.6 Å². The zero-order valence-corrected chi connectivity index (χ0v) is 12.7. The highest BCUT2D eigenvalue weighted by atomic mass is 35.5. The van der Waals surface area contributed by atoms with E-state index >= 15 is 0 Å². The van der Waals surface area contributed by atoms with Crippen LogP contribution in [0.2, 0.25) is 5.02 Å². The second-order valence-corrected chi connectivity index (χ2v) is 5.94. The van der Waals surface area contributed by atoms with E-state index in [1.165, 1.54) is 24.0 Å². The van der Waals surface area contributed by atoms with E-state index in [9.17, 15) is 0 Å². The number of nitrogens with one attached hydrogen (secondary N) is 1. The Morgan fingerprint density at radius 1 is 1.25 bits per heavy atom. The Kier molecular flexibility index (Phi) is 3.81. The summed E-state index contributed by atoms with van der Waals surface area (Å²) in [5.41, 5.74) is 4.60. The van der Waals surface area contributed by atoms with Gasteiger partial charge >= 0.3 is 0 Å². The van der Waals surface area contributed by atoms with Crippen LogP contribution in [0.15, 0.2) is 24.3 Å². The molecule has 0 saturated heterocycles. The minimum atomic E-state index is 0.728. The minimum Gasteiger partial charge on any atom is -0.310 e. The molecule has 0 aliphatic heterocycles. The van der Waals surface area contributed by atoms with Crippen LogP contribution in [-0.4, -0.2) is 15.8 Å². The molecule has 1 heterocycles. The molecule has 3 nitrogen and oxygen atoms in total. The summed E-state index contributed by atoms with van der Waals surface area (Å²) in [5, 5.41) is 8.87. The van der Waals surface area contributed by atoms with Gasteiger partial charge in [0, 0.05) is 12.6 Å². The van der Waals surface area contributed by atoms with Crippen LogP contribution in [0, 0.1) is 13.8 Å². The van der Waals surface area contributed by atoms with Gasteiger partial charge in [-0.2, -0.15) is 5.10 Å². The first kappa shape index (κ1) is 13.7. The molecule has 1 aromatic carbocycles. The van der Waals surface area contributed by atoms with Crippen molar-refractivity contribution in [2.75, 3.05) is 0 Å². The highest BCUT2D eigenvalue weighted by molar-refractivity contribution is 6.31. The maximum absolute atomic E-state index is 6.22. The Labute approximate surface area is 124 Å². The number of hydrogen-bond donors (Lipinski definition) is 1. The maximum Gasteiger partial charge on any atom is 0.0844 e. The van der Waals surface area contributed by atoms with Crippen molar-refractivity contribution < 1.29 is 0 Å². The Bertz CT molecular complexity index is 614. The van der Waals surface area contributed by atoms with Crippen molar-refractivity contribution >= 4 is 11.6 Å². The molecule has 0 bridgehead atoms. The van der Waals surface area contributed by atoms with Crippen LogP contribution in [0.4, 0.5) is 0 Å². The molecule has 0 unspecified atom stereocenters. The Morgan fingerprint density at radius 2 is 1.95 bits per heavy atom. The molecule has 1 aliphatic carbocycles. The molecule has 1 fully saturated rings. The lowest BCUT2D eigenvalue weighted by Gasteiger charge is -2.11. The molecule has 0 amide bonds. The second kappa shape index (κ2) is 5.58. The van der Waals surface area contributed by atoms with Crippen LogP contribution in [0.25, 0.3) is 0 Å². The zero-order chi connectivity index (χ0) is 14.1. The fourth-order valence-electron chi connectivity index (χ4n) is 2.42. The summed E-state index contributed by atoms with van der Waals surface area (Å²) in [5.74, 6) is 0. The number of hydrogen-bond acceptors (Lipinski definition) is 2. The minimum absolute atomic E-state index is 0.728. The van der Waals surface area contributed by atoms with Crippen LogP contribution in [-0.2, 0) is 13.1 Å². The van der Waals surface area contributed by atoms with E-state index < -0.39 is 0 Å². The maximum atomic E-state index is 6.22. The summed E-state index contributed by atoms with van der Waals surface area (Å²) >= 11 is 6.22. The van der Waals surface area contributed by atoms with E-state index in [0.717, 1.165) is 35.5 Å². The summed E-state index contributed by atoms with van der Waals surface area (Å²) in [6.45, 7) is 5.69. The van der Waals surface area contributed by atoms with Crippen LogP contribution >= 0.6 is 11.6 Å². The molecule has 0 spiro atoms. The van der Waals surface area contributed by atoms with Crippen molar-refractivity contribution in [3.63, 3.8) is 0 Å². The molecule has 2 aromatic rings. The third kappa shape index (κ3) is 2.89. The third-order valence-electron chi connectivity index (χ3n) is 3.89. The van der Waals surface area contributed by atoms with Crippen LogP contribution < -0.4 is 5.32 Å². The lowest BCUT2D eigenvalue weighted by atomic mass is 10.1. The molecule has 0 radical (unpaired) electrons. The van der Waals surface area contributed by atoms with Gasteiger partial charge in [-0.3, -0.25) is 4.68 Å². The van der Waals surface area contributed by atoms with Gasteiger partial charge in [-0.1, -0.05) is 35.9 Å². The molecular formula is C16H20ClN3. The Balaban J connectivity index is 1.80. The Morgan fingerprint density at radius 3 is 2.55 bits per heavy atom. The second-order valence-electron chi connectivity index (χ2n) is 5.57. The Hall–Kier alpha value is -1.32. The average molecular weight is 290 g/mol. The monoisotopic (exact) mass is 289 g/mol. The lowest BCUT2D eigenvalue weighted by molar-refractivity contribution is 0.638. The molecule has 1 N–H and O–H groups in total. The van der Waals surface area contributed by atoms with Crippen molar-refractivity contribution in [2.24, 2.45) is 0 Å². The van der Waals surface area contributed by atoms with Gasteiger partial charge in [0.15, 0.2) is 0 Å². The highest BCUT2D eigenvalue weighted by Gasteiger charge is 2.20. The van der Waals surface area contributed by atoms with E-state index in [-0.39, 0.29) is 0 Å². The molecule has 106 valence electrons. The normalized spacial score (nSPS) is 14.8. The quantitative estimate of drug-likeness (QED) is 0.914. The van der Waals surface area contributed by atoms with Gasteiger partial charge in [0.05, 0.1) is 23.0 Å². The largest absolute Gasteiger partial charge is 0.310 e. The smallest absolute Gasteiger partial charge is 0.0844 e. The van der Waals surface area contributed by atoms with Crippen molar-refractivity contribution in [2.45, 2.75) is 45.8 Å². The fourth-order valence-corrected chi connectivity index (χ4v) is 2.55. The number of aryl methyl sites for hydroxylation is 1. The lowest BCUT2D eigenvalue weighted by Crippen LogP contribution is -2.17. The van der Waals surface area contributed by atoms with E-state index in [1.54, 1.807) is 0 Å². The number of halogens is 1. The first-order valence-corrected chi connectivity index (χ1v) is 7.52. The number of benzene rings is 1. The van der Waals surface area contributed by atoms with Crippen molar-refractivity contribution in [3.05, 3.63) is 51.8 Å². The molecule has 4 heteroatoms. The molecule has 1 saturated carbocycles. The number of nitrogens with zero attached hydrogens (tertiary/aromatic N) is 2. The fraction of sp³-hybridized carbons (Fsp3) is 0.438. The number of rotatable bonds is 5. The van der Waals surface area contributed by atoms with Gasteiger partial charge in [0.25, 0.3) is 0 Å². The summed E-state index contributed by atoms with van der Waals surface area (Å²) in [6.07, 6.45) is 2.63. The van der Waals surface area contributed by atoms with Crippen LogP contribution in [0.5, 0.6) is 0 Å². The first-order chi connectivity index (χ1) is 9.65. The van der Waals surface area contributed by atoms with Gasteiger partial charge in [0.1, 0.15) is 0 Å². The van der Waals surface area contributed by atoms with Crippen LogP contribution in [0.1, 0.15) is 35.4 Å². The summed E-state index contributed by atoms with van der Waals surface area (Å²) < 4.78 is 1.99. The van der Waals surface area contributed by atoms with E-state index in [0.29, 0.717) is 0 Å². The van der Waals surface area contributed by atoms with Gasteiger partial charge in [-0.05, 0) is 37.8 Å². The predicted octanol–water partition coefficient (Wildman–Crippen LogP) is 3.45. The zero-order valence-electron chi connectivity index (χ0n) is 12.0. The van der Waals surface area contributed by atoms with Gasteiger partial charge in [-0.15, -0.1) is 0 Å². The topological polar surface area (TPSA) is 29.9 Å². The third-order valence-corrected chi connectivity index (χ3v) is 4.44. The van der Waals surface area contributed by atoms with Gasteiger partial charge in [0.2, 0.25) is 0 Å². The highest BCUT2D eigenvalue weighted by Crippen LogP contribution is 2.22. The van der Waals surface area contributed by atoms with Crippen molar-refractivity contribution in [1.82, 2.24) is 15.1 Å². The molecular weight excluding hydrogens is 270 g/mol. The molecule has 0 atom stereocenters. The predicted molar refractivity (Wildman–Crippen MR) is 82.1 cm³/mol. The van der Waals surface area contributed by atoms with Gasteiger partial charge < -0.3 is 5.32 Å². The van der Waals surface area contributed by atoms with Crippen molar-refractivity contribution in [3.8, 4) is 0 Å².